The molecule has 3 rings (SSSR count). The number of aromatic nitrogens is 2. The molecule has 0 aliphatic rings. The number of rotatable bonds is 4. The predicted octanol–water partition coefficient (Wildman–Crippen LogP) is 3.58. The lowest BCUT2D eigenvalue weighted by atomic mass is 10.2. The van der Waals surface area contributed by atoms with Crippen molar-refractivity contribution >= 4 is 17.3 Å². The molecule has 3 aromatic rings. The molecular formula is C16H12N2O3S. The fourth-order valence-corrected chi connectivity index (χ4v) is 2.97. The summed E-state index contributed by atoms with van der Waals surface area (Å²) in [6.07, 6.45) is 3.25. The van der Waals surface area contributed by atoms with Crippen LogP contribution in [0, 0.1) is 0 Å². The van der Waals surface area contributed by atoms with Crippen LogP contribution in [-0.2, 0) is 0 Å². The third-order valence-electron chi connectivity index (χ3n) is 3.07. The molecule has 0 fully saturated rings. The maximum atomic E-state index is 11.5. The van der Waals surface area contributed by atoms with E-state index in [-0.39, 0.29) is 4.88 Å². The number of benzene rings is 1. The molecule has 0 spiro atoms. The van der Waals surface area contributed by atoms with Crippen molar-refractivity contribution in [3.8, 4) is 27.6 Å². The van der Waals surface area contributed by atoms with Crippen LogP contribution in [0.25, 0.3) is 21.8 Å². The molecule has 0 unspecified atom stereocenters. The van der Waals surface area contributed by atoms with E-state index in [0.717, 1.165) is 16.9 Å². The average Bonchev–Trinajstić information content (AvgIpc) is 3.01. The van der Waals surface area contributed by atoms with Crippen molar-refractivity contribution in [3.63, 3.8) is 0 Å². The van der Waals surface area contributed by atoms with Gasteiger partial charge in [-0.2, -0.15) is 0 Å². The lowest BCUT2D eigenvalue weighted by Crippen LogP contribution is -1.95. The predicted molar refractivity (Wildman–Crippen MR) is 84.3 cm³/mol. The highest BCUT2D eigenvalue weighted by molar-refractivity contribution is 7.17. The van der Waals surface area contributed by atoms with Gasteiger partial charge in [0.05, 0.1) is 12.8 Å². The zero-order valence-electron chi connectivity index (χ0n) is 11.7. The molecule has 0 radical (unpaired) electrons. The highest BCUT2D eigenvalue weighted by Crippen LogP contribution is 2.34. The summed E-state index contributed by atoms with van der Waals surface area (Å²) in [7, 11) is 1.59. The Balaban J connectivity index is 2.13. The molecule has 22 heavy (non-hydrogen) atoms. The van der Waals surface area contributed by atoms with Gasteiger partial charge in [-0.15, -0.1) is 11.3 Å². The van der Waals surface area contributed by atoms with Crippen LogP contribution in [0.3, 0.4) is 0 Å². The van der Waals surface area contributed by atoms with Gasteiger partial charge < -0.3 is 9.84 Å². The maximum absolute atomic E-state index is 11.5. The van der Waals surface area contributed by atoms with E-state index in [1.807, 2.05) is 24.3 Å². The van der Waals surface area contributed by atoms with Gasteiger partial charge in [-0.25, -0.2) is 9.78 Å². The van der Waals surface area contributed by atoms with Gasteiger partial charge in [0.1, 0.15) is 15.6 Å². The molecule has 6 heteroatoms. The summed E-state index contributed by atoms with van der Waals surface area (Å²) in [5.41, 5.74) is 1.94. The standard InChI is InChI=1S/C16H12N2O3S/c1-21-12-6-2-4-10(8-12)15-18-13(14(22-15)16(19)20)11-5-3-7-17-9-11/h2-9H,1H3,(H,19,20). The van der Waals surface area contributed by atoms with Crippen LogP contribution in [0.2, 0.25) is 0 Å². The molecule has 0 saturated heterocycles. The van der Waals surface area contributed by atoms with Crippen molar-refractivity contribution in [2.45, 2.75) is 0 Å². The Labute approximate surface area is 130 Å². The number of hydrogen-bond acceptors (Lipinski definition) is 5. The fraction of sp³-hybridized carbons (Fsp3) is 0.0625. The molecule has 1 aromatic carbocycles. The van der Waals surface area contributed by atoms with E-state index in [1.54, 1.807) is 31.6 Å². The second kappa shape index (κ2) is 5.95. The third-order valence-corrected chi connectivity index (χ3v) is 4.17. The Morgan fingerprint density at radius 1 is 1.23 bits per heavy atom. The average molecular weight is 312 g/mol. The smallest absolute Gasteiger partial charge is 0.348 e. The number of carbonyl (C=O) groups is 1. The van der Waals surface area contributed by atoms with Gasteiger partial charge >= 0.3 is 5.97 Å². The summed E-state index contributed by atoms with van der Waals surface area (Å²) in [6, 6.07) is 10.9. The summed E-state index contributed by atoms with van der Waals surface area (Å²) in [5, 5.41) is 10.0. The van der Waals surface area contributed by atoms with Crippen LogP contribution >= 0.6 is 11.3 Å². The van der Waals surface area contributed by atoms with Gasteiger partial charge in [0.15, 0.2) is 0 Å². The minimum absolute atomic E-state index is 0.200. The van der Waals surface area contributed by atoms with Gasteiger partial charge in [-0.3, -0.25) is 4.98 Å². The van der Waals surface area contributed by atoms with E-state index < -0.39 is 5.97 Å². The summed E-state index contributed by atoms with van der Waals surface area (Å²) >= 11 is 1.14. The van der Waals surface area contributed by atoms with E-state index in [9.17, 15) is 9.90 Å². The molecule has 0 saturated carbocycles. The monoisotopic (exact) mass is 312 g/mol. The topological polar surface area (TPSA) is 72.3 Å². The first-order chi connectivity index (χ1) is 10.7. The number of methoxy groups -OCH3 is 1. The normalized spacial score (nSPS) is 10.4. The zero-order chi connectivity index (χ0) is 15.5. The number of carboxylic acid groups (broad SMARTS) is 1. The first-order valence-corrected chi connectivity index (χ1v) is 7.29. The first kappa shape index (κ1) is 14.2. The van der Waals surface area contributed by atoms with Gasteiger partial charge in [-0.05, 0) is 24.3 Å². The second-order valence-electron chi connectivity index (χ2n) is 4.48. The maximum Gasteiger partial charge on any atom is 0.348 e. The second-order valence-corrected chi connectivity index (χ2v) is 5.47. The highest BCUT2D eigenvalue weighted by atomic mass is 32.1. The first-order valence-electron chi connectivity index (χ1n) is 6.48. The largest absolute Gasteiger partial charge is 0.497 e. The van der Waals surface area contributed by atoms with Gasteiger partial charge in [0, 0.05) is 23.5 Å². The van der Waals surface area contributed by atoms with E-state index in [0.29, 0.717) is 22.0 Å². The summed E-state index contributed by atoms with van der Waals surface area (Å²) in [5.74, 6) is -0.294. The minimum atomic E-state index is -0.995. The number of aromatic carboxylic acids is 1. The quantitative estimate of drug-likeness (QED) is 0.797. The van der Waals surface area contributed by atoms with E-state index in [1.165, 1.54) is 0 Å². The van der Waals surface area contributed by atoms with Crippen molar-refractivity contribution in [2.75, 3.05) is 7.11 Å². The van der Waals surface area contributed by atoms with Crippen molar-refractivity contribution in [2.24, 2.45) is 0 Å². The van der Waals surface area contributed by atoms with Crippen LogP contribution in [0.1, 0.15) is 9.67 Å². The Hall–Kier alpha value is -2.73. The molecule has 0 amide bonds. The molecular weight excluding hydrogens is 300 g/mol. The molecule has 0 bridgehead atoms. The molecule has 0 aliphatic carbocycles. The molecule has 1 N–H and O–H groups in total. The number of nitrogens with zero attached hydrogens (tertiary/aromatic N) is 2. The number of carboxylic acids is 1. The lowest BCUT2D eigenvalue weighted by molar-refractivity contribution is 0.0702. The van der Waals surface area contributed by atoms with Crippen molar-refractivity contribution in [3.05, 3.63) is 53.7 Å². The molecule has 2 heterocycles. The van der Waals surface area contributed by atoms with Gasteiger partial charge in [0.2, 0.25) is 0 Å². The van der Waals surface area contributed by atoms with Gasteiger partial charge in [0.25, 0.3) is 0 Å². The fourth-order valence-electron chi connectivity index (χ4n) is 2.04. The summed E-state index contributed by atoms with van der Waals surface area (Å²) in [4.78, 5) is 20.2. The molecule has 110 valence electrons. The van der Waals surface area contributed by atoms with Crippen molar-refractivity contribution in [1.82, 2.24) is 9.97 Å². The lowest BCUT2D eigenvalue weighted by Gasteiger charge is -2.01. The minimum Gasteiger partial charge on any atom is -0.497 e. The van der Waals surface area contributed by atoms with E-state index in [2.05, 4.69) is 9.97 Å². The number of ether oxygens (including phenoxy) is 1. The van der Waals surface area contributed by atoms with E-state index in [4.69, 9.17) is 4.74 Å². The summed E-state index contributed by atoms with van der Waals surface area (Å²) in [6.45, 7) is 0. The Morgan fingerprint density at radius 2 is 2.05 bits per heavy atom. The van der Waals surface area contributed by atoms with Crippen molar-refractivity contribution in [1.29, 1.82) is 0 Å². The third kappa shape index (κ3) is 2.68. The number of pyridine rings is 1. The van der Waals surface area contributed by atoms with Crippen LogP contribution < -0.4 is 4.74 Å². The Morgan fingerprint density at radius 3 is 2.73 bits per heavy atom. The Bertz CT molecular complexity index is 815. The van der Waals surface area contributed by atoms with Crippen LogP contribution in [0.4, 0.5) is 0 Å². The molecule has 0 atom stereocenters. The molecule has 5 nitrogen and oxygen atoms in total. The van der Waals surface area contributed by atoms with Crippen LogP contribution in [0.5, 0.6) is 5.75 Å². The van der Waals surface area contributed by atoms with Gasteiger partial charge in [-0.1, -0.05) is 12.1 Å². The van der Waals surface area contributed by atoms with Crippen molar-refractivity contribution < 1.29 is 14.6 Å². The SMILES string of the molecule is COc1cccc(-c2nc(-c3cccnc3)c(C(=O)O)s2)c1. The van der Waals surface area contributed by atoms with E-state index >= 15 is 0 Å². The van der Waals surface area contributed by atoms with Crippen LogP contribution in [-0.4, -0.2) is 28.2 Å². The highest BCUT2D eigenvalue weighted by Gasteiger charge is 2.19. The summed E-state index contributed by atoms with van der Waals surface area (Å²) < 4.78 is 5.20. The van der Waals surface area contributed by atoms with Crippen LogP contribution in [0.15, 0.2) is 48.8 Å². The number of hydrogen-bond donors (Lipinski definition) is 1. The zero-order valence-corrected chi connectivity index (χ0v) is 12.5. The Kier molecular flexibility index (Phi) is 3.84. The number of thiazole rings is 1. The molecule has 2 aromatic heterocycles. The molecule has 0 aliphatic heterocycles.